The molecule has 2 rings (SSSR count). The Morgan fingerprint density at radius 1 is 1.20 bits per heavy atom. The molecule has 20 heavy (non-hydrogen) atoms. The lowest BCUT2D eigenvalue weighted by molar-refractivity contribution is -0.136. The first kappa shape index (κ1) is 14.1. The van der Waals surface area contributed by atoms with Gasteiger partial charge in [0, 0.05) is 16.9 Å². The summed E-state index contributed by atoms with van der Waals surface area (Å²) in [5, 5.41) is 12.0. The lowest BCUT2D eigenvalue weighted by Gasteiger charge is -2.14. The third kappa shape index (κ3) is 3.15. The van der Waals surface area contributed by atoms with E-state index in [1.807, 2.05) is 32.0 Å². The summed E-state index contributed by atoms with van der Waals surface area (Å²) < 4.78 is 13.8. The third-order valence-corrected chi connectivity index (χ3v) is 3.11. The van der Waals surface area contributed by atoms with Crippen molar-refractivity contribution < 1.29 is 14.3 Å². The molecule has 104 valence electrons. The lowest BCUT2D eigenvalue weighted by Crippen LogP contribution is -2.06. The first-order valence-corrected chi connectivity index (χ1v) is 6.31. The maximum atomic E-state index is 13.8. The number of carboxylic acid groups (broad SMARTS) is 1. The molecule has 2 N–H and O–H groups in total. The lowest BCUT2D eigenvalue weighted by atomic mass is 10.1. The standard InChI is InChI=1S/C16H16FNO2/c1-10-6-7-11(2)15(8-10)18-14-5-3-4-13(17)12(14)9-16(19)20/h3-8,18H,9H2,1-2H3,(H,19,20). The Balaban J connectivity index is 2.40. The first-order chi connectivity index (χ1) is 9.47. The summed E-state index contributed by atoms with van der Waals surface area (Å²) in [7, 11) is 0. The largest absolute Gasteiger partial charge is 0.481 e. The van der Waals surface area contributed by atoms with Crippen molar-refractivity contribution in [2.24, 2.45) is 0 Å². The monoisotopic (exact) mass is 273 g/mol. The summed E-state index contributed by atoms with van der Waals surface area (Å²) in [6.07, 6.45) is -0.347. The summed E-state index contributed by atoms with van der Waals surface area (Å²) in [4.78, 5) is 10.9. The Morgan fingerprint density at radius 3 is 2.65 bits per heavy atom. The molecule has 2 aromatic carbocycles. The molecule has 0 aliphatic rings. The fourth-order valence-corrected chi connectivity index (χ4v) is 2.02. The molecule has 4 heteroatoms. The zero-order valence-electron chi connectivity index (χ0n) is 11.4. The number of aliphatic carboxylic acids is 1. The second-order valence-electron chi connectivity index (χ2n) is 4.78. The van der Waals surface area contributed by atoms with Crippen LogP contribution in [0.3, 0.4) is 0 Å². The summed E-state index contributed by atoms with van der Waals surface area (Å²) in [5.74, 6) is -1.57. The molecule has 0 atom stereocenters. The minimum absolute atomic E-state index is 0.168. The Hall–Kier alpha value is -2.36. The molecule has 0 heterocycles. The molecule has 3 nitrogen and oxygen atoms in total. The average molecular weight is 273 g/mol. The highest BCUT2D eigenvalue weighted by Crippen LogP contribution is 2.26. The van der Waals surface area contributed by atoms with E-state index in [0.29, 0.717) is 5.69 Å². The fourth-order valence-electron chi connectivity index (χ4n) is 2.02. The molecule has 0 aromatic heterocycles. The number of rotatable bonds is 4. The predicted octanol–water partition coefficient (Wildman–Crippen LogP) is 3.81. The van der Waals surface area contributed by atoms with Crippen molar-refractivity contribution >= 4 is 17.3 Å². The van der Waals surface area contributed by atoms with Crippen LogP contribution in [0, 0.1) is 19.7 Å². The van der Waals surface area contributed by atoms with Crippen LogP contribution in [0.5, 0.6) is 0 Å². The predicted molar refractivity (Wildman–Crippen MR) is 76.9 cm³/mol. The van der Waals surface area contributed by atoms with Gasteiger partial charge in [-0.2, -0.15) is 0 Å². The number of benzene rings is 2. The van der Waals surface area contributed by atoms with Crippen LogP contribution >= 0.6 is 0 Å². The first-order valence-electron chi connectivity index (χ1n) is 6.31. The van der Waals surface area contributed by atoms with Gasteiger partial charge in [0.1, 0.15) is 5.82 Å². The van der Waals surface area contributed by atoms with Crippen LogP contribution in [-0.4, -0.2) is 11.1 Å². The highest BCUT2D eigenvalue weighted by molar-refractivity contribution is 5.75. The van der Waals surface area contributed by atoms with Gasteiger partial charge in [0.2, 0.25) is 0 Å². The quantitative estimate of drug-likeness (QED) is 0.890. The summed E-state index contributed by atoms with van der Waals surface area (Å²) >= 11 is 0. The van der Waals surface area contributed by atoms with Gasteiger partial charge in [-0.15, -0.1) is 0 Å². The van der Waals surface area contributed by atoms with Crippen LogP contribution in [0.25, 0.3) is 0 Å². The van der Waals surface area contributed by atoms with Gasteiger partial charge in [-0.25, -0.2) is 4.39 Å². The highest BCUT2D eigenvalue weighted by atomic mass is 19.1. The van der Waals surface area contributed by atoms with Crippen LogP contribution in [-0.2, 0) is 11.2 Å². The third-order valence-electron chi connectivity index (χ3n) is 3.11. The molecule has 0 aliphatic heterocycles. The van der Waals surface area contributed by atoms with E-state index in [2.05, 4.69) is 5.32 Å². The van der Waals surface area contributed by atoms with E-state index in [9.17, 15) is 9.18 Å². The molecule has 0 aliphatic carbocycles. The molecule has 0 fully saturated rings. The van der Waals surface area contributed by atoms with Crippen LogP contribution in [0.1, 0.15) is 16.7 Å². The van der Waals surface area contributed by atoms with E-state index in [1.165, 1.54) is 6.07 Å². The van der Waals surface area contributed by atoms with Crippen LogP contribution in [0.4, 0.5) is 15.8 Å². The average Bonchev–Trinajstić information content (AvgIpc) is 2.37. The van der Waals surface area contributed by atoms with Gasteiger partial charge in [0.05, 0.1) is 6.42 Å². The van der Waals surface area contributed by atoms with Gasteiger partial charge in [-0.3, -0.25) is 4.79 Å². The van der Waals surface area contributed by atoms with E-state index < -0.39 is 11.8 Å². The van der Waals surface area contributed by atoms with Crippen molar-refractivity contribution in [3.8, 4) is 0 Å². The van der Waals surface area contributed by atoms with Crippen LogP contribution in [0.2, 0.25) is 0 Å². The van der Waals surface area contributed by atoms with Gasteiger partial charge >= 0.3 is 5.97 Å². The van der Waals surface area contributed by atoms with Crippen molar-refractivity contribution in [2.75, 3.05) is 5.32 Å². The van der Waals surface area contributed by atoms with Crippen molar-refractivity contribution in [3.63, 3.8) is 0 Å². The van der Waals surface area contributed by atoms with Gasteiger partial charge in [-0.1, -0.05) is 18.2 Å². The van der Waals surface area contributed by atoms with Gasteiger partial charge in [-0.05, 0) is 43.2 Å². The Morgan fingerprint density at radius 2 is 1.95 bits per heavy atom. The highest BCUT2D eigenvalue weighted by Gasteiger charge is 2.12. The normalized spacial score (nSPS) is 10.3. The van der Waals surface area contributed by atoms with Crippen molar-refractivity contribution in [1.29, 1.82) is 0 Å². The SMILES string of the molecule is Cc1ccc(C)c(Nc2cccc(F)c2CC(=O)O)c1. The minimum atomic E-state index is -1.06. The van der Waals surface area contributed by atoms with E-state index >= 15 is 0 Å². The summed E-state index contributed by atoms with van der Waals surface area (Å²) in [6, 6.07) is 10.4. The molecule has 0 unspecified atom stereocenters. The van der Waals surface area contributed by atoms with Crippen molar-refractivity contribution in [2.45, 2.75) is 20.3 Å². The summed E-state index contributed by atoms with van der Waals surface area (Å²) in [5.41, 5.74) is 3.60. The summed E-state index contributed by atoms with van der Waals surface area (Å²) in [6.45, 7) is 3.91. The van der Waals surface area contributed by atoms with E-state index in [-0.39, 0.29) is 12.0 Å². The maximum absolute atomic E-state index is 13.8. The Kier molecular flexibility index (Phi) is 4.03. The van der Waals surface area contributed by atoms with Gasteiger partial charge < -0.3 is 10.4 Å². The van der Waals surface area contributed by atoms with Crippen molar-refractivity contribution in [3.05, 3.63) is 58.9 Å². The van der Waals surface area contributed by atoms with E-state index in [0.717, 1.165) is 16.8 Å². The molecule has 2 aromatic rings. The molecule has 0 spiro atoms. The second kappa shape index (κ2) is 5.74. The molecule has 0 saturated carbocycles. The zero-order chi connectivity index (χ0) is 14.7. The number of hydrogen-bond acceptors (Lipinski definition) is 2. The van der Waals surface area contributed by atoms with Gasteiger partial charge in [0.25, 0.3) is 0 Å². The smallest absolute Gasteiger partial charge is 0.308 e. The van der Waals surface area contributed by atoms with Crippen molar-refractivity contribution in [1.82, 2.24) is 0 Å². The number of carbonyl (C=O) groups is 1. The molecule has 0 saturated heterocycles. The minimum Gasteiger partial charge on any atom is -0.481 e. The van der Waals surface area contributed by atoms with Gasteiger partial charge in [0.15, 0.2) is 0 Å². The fraction of sp³-hybridized carbons (Fsp3) is 0.188. The Labute approximate surface area is 117 Å². The number of carboxylic acids is 1. The molecular weight excluding hydrogens is 257 g/mol. The molecular formula is C16H16FNO2. The molecule has 0 amide bonds. The van der Waals surface area contributed by atoms with E-state index in [1.54, 1.807) is 12.1 Å². The number of aryl methyl sites for hydroxylation is 2. The van der Waals surface area contributed by atoms with E-state index in [4.69, 9.17) is 5.11 Å². The number of halogens is 1. The number of anilines is 2. The number of hydrogen-bond donors (Lipinski definition) is 2. The zero-order valence-corrected chi connectivity index (χ0v) is 11.4. The van der Waals surface area contributed by atoms with Crippen LogP contribution in [0.15, 0.2) is 36.4 Å². The molecule has 0 bridgehead atoms. The number of nitrogens with one attached hydrogen (secondary N) is 1. The molecule has 0 radical (unpaired) electrons. The maximum Gasteiger partial charge on any atom is 0.308 e. The Bertz CT molecular complexity index is 653. The van der Waals surface area contributed by atoms with Crippen LogP contribution < -0.4 is 5.32 Å². The topological polar surface area (TPSA) is 49.3 Å². The second-order valence-corrected chi connectivity index (χ2v) is 4.78.